The van der Waals surface area contributed by atoms with Crippen molar-refractivity contribution in [2.75, 3.05) is 11.4 Å². The molecule has 136 valence electrons. The van der Waals surface area contributed by atoms with Crippen LogP contribution in [0.2, 0.25) is 0 Å². The zero-order chi connectivity index (χ0) is 19.4. The molecule has 0 radical (unpaired) electrons. The van der Waals surface area contributed by atoms with Gasteiger partial charge in [-0.15, -0.1) is 0 Å². The SMILES string of the molecule is Cc1cc(C)cc(N(CCC#N)C(=O)Cn2c(=O)cnc3ccccc32)c1. The molecule has 6 heteroatoms. The van der Waals surface area contributed by atoms with E-state index in [1.54, 1.807) is 17.0 Å². The molecule has 0 unspecified atom stereocenters. The Labute approximate surface area is 157 Å². The first-order valence-corrected chi connectivity index (χ1v) is 8.70. The van der Waals surface area contributed by atoms with Crippen molar-refractivity contribution < 1.29 is 4.79 Å². The number of hydrogen-bond donors (Lipinski definition) is 0. The molecule has 0 aliphatic rings. The molecule has 3 rings (SSSR count). The van der Waals surface area contributed by atoms with Crippen LogP contribution in [0.1, 0.15) is 17.5 Å². The van der Waals surface area contributed by atoms with Crippen LogP contribution < -0.4 is 10.5 Å². The molecular formula is C21H20N4O2. The second kappa shape index (κ2) is 7.83. The number of amides is 1. The van der Waals surface area contributed by atoms with Gasteiger partial charge in [-0.3, -0.25) is 14.2 Å². The highest BCUT2D eigenvalue weighted by molar-refractivity contribution is 5.94. The lowest BCUT2D eigenvalue weighted by Crippen LogP contribution is -2.37. The van der Waals surface area contributed by atoms with Crippen molar-refractivity contribution >= 4 is 22.6 Å². The summed E-state index contributed by atoms with van der Waals surface area (Å²) in [7, 11) is 0. The first kappa shape index (κ1) is 18.3. The van der Waals surface area contributed by atoms with Gasteiger partial charge in [-0.25, -0.2) is 4.98 Å². The van der Waals surface area contributed by atoms with Crippen LogP contribution in [0.5, 0.6) is 0 Å². The molecule has 1 aromatic heterocycles. The largest absolute Gasteiger partial charge is 0.310 e. The van der Waals surface area contributed by atoms with Crippen LogP contribution >= 0.6 is 0 Å². The maximum atomic E-state index is 13.1. The van der Waals surface area contributed by atoms with Crippen molar-refractivity contribution in [3.05, 3.63) is 70.1 Å². The molecule has 1 amide bonds. The van der Waals surface area contributed by atoms with Crippen molar-refractivity contribution in [3.8, 4) is 6.07 Å². The fourth-order valence-electron chi connectivity index (χ4n) is 3.16. The van der Waals surface area contributed by atoms with Gasteiger partial charge in [-0.1, -0.05) is 18.2 Å². The molecule has 6 nitrogen and oxygen atoms in total. The summed E-state index contributed by atoms with van der Waals surface area (Å²) in [6, 6.07) is 15.1. The standard InChI is InChI=1S/C21H20N4O2/c1-15-10-16(2)12-17(11-15)24(9-5-8-22)21(27)14-25-19-7-4-3-6-18(19)23-13-20(25)26/h3-4,6-7,10-13H,5,9,14H2,1-2H3. The Morgan fingerprint density at radius 3 is 2.59 bits per heavy atom. The van der Waals surface area contributed by atoms with E-state index in [2.05, 4.69) is 11.1 Å². The highest BCUT2D eigenvalue weighted by Gasteiger charge is 2.18. The minimum Gasteiger partial charge on any atom is -0.310 e. The lowest BCUT2D eigenvalue weighted by atomic mass is 10.1. The van der Waals surface area contributed by atoms with E-state index in [0.29, 0.717) is 11.0 Å². The highest BCUT2D eigenvalue weighted by Crippen LogP contribution is 2.20. The zero-order valence-corrected chi connectivity index (χ0v) is 15.3. The van der Waals surface area contributed by atoms with E-state index < -0.39 is 0 Å². The van der Waals surface area contributed by atoms with E-state index in [1.165, 1.54) is 10.8 Å². The number of nitrogens with zero attached hydrogens (tertiary/aromatic N) is 4. The van der Waals surface area contributed by atoms with Gasteiger partial charge >= 0.3 is 0 Å². The summed E-state index contributed by atoms with van der Waals surface area (Å²) in [5.74, 6) is -0.242. The van der Waals surface area contributed by atoms with Gasteiger partial charge in [0, 0.05) is 12.2 Å². The topological polar surface area (TPSA) is 79.0 Å². The van der Waals surface area contributed by atoms with Crippen LogP contribution in [-0.4, -0.2) is 22.0 Å². The maximum absolute atomic E-state index is 13.1. The number of para-hydroxylation sites is 2. The van der Waals surface area contributed by atoms with Crippen molar-refractivity contribution in [3.63, 3.8) is 0 Å². The first-order valence-electron chi connectivity index (χ1n) is 8.70. The smallest absolute Gasteiger partial charge is 0.269 e. The van der Waals surface area contributed by atoms with E-state index in [0.717, 1.165) is 16.8 Å². The lowest BCUT2D eigenvalue weighted by molar-refractivity contribution is -0.119. The quantitative estimate of drug-likeness (QED) is 0.701. The second-order valence-electron chi connectivity index (χ2n) is 6.47. The van der Waals surface area contributed by atoms with Crippen LogP contribution in [0.3, 0.4) is 0 Å². The van der Waals surface area contributed by atoms with Gasteiger partial charge in [0.1, 0.15) is 6.54 Å². The number of benzene rings is 2. The Kier molecular flexibility index (Phi) is 5.32. The summed E-state index contributed by atoms with van der Waals surface area (Å²) in [4.78, 5) is 31.1. The summed E-state index contributed by atoms with van der Waals surface area (Å²) in [6.07, 6.45) is 1.44. The van der Waals surface area contributed by atoms with Gasteiger partial charge in [0.2, 0.25) is 5.91 Å². The Hall–Kier alpha value is -3.46. The van der Waals surface area contributed by atoms with Gasteiger partial charge in [-0.2, -0.15) is 5.26 Å². The number of hydrogen-bond acceptors (Lipinski definition) is 4. The highest BCUT2D eigenvalue weighted by atomic mass is 16.2. The molecule has 0 saturated carbocycles. The summed E-state index contributed by atoms with van der Waals surface area (Å²) < 4.78 is 1.42. The lowest BCUT2D eigenvalue weighted by Gasteiger charge is -2.23. The van der Waals surface area contributed by atoms with Crippen LogP contribution in [0.25, 0.3) is 11.0 Å². The predicted molar refractivity (Wildman–Crippen MR) is 105 cm³/mol. The number of anilines is 1. The number of fused-ring (bicyclic) bond motifs is 1. The number of nitriles is 1. The van der Waals surface area contributed by atoms with Crippen molar-refractivity contribution in [1.29, 1.82) is 5.26 Å². The molecule has 1 heterocycles. The van der Waals surface area contributed by atoms with E-state index in [-0.39, 0.29) is 31.0 Å². The number of carbonyl (C=O) groups excluding carboxylic acids is 1. The number of carbonyl (C=O) groups is 1. The Bertz CT molecular complexity index is 1080. The number of aromatic nitrogens is 2. The molecule has 0 fully saturated rings. The molecular weight excluding hydrogens is 340 g/mol. The zero-order valence-electron chi connectivity index (χ0n) is 15.3. The van der Waals surface area contributed by atoms with E-state index in [9.17, 15) is 9.59 Å². The Morgan fingerprint density at radius 1 is 1.19 bits per heavy atom. The first-order chi connectivity index (χ1) is 13.0. The van der Waals surface area contributed by atoms with Crippen LogP contribution in [-0.2, 0) is 11.3 Å². The normalized spacial score (nSPS) is 10.6. The van der Waals surface area contributed by atoms with Crippen molar-refractivity contribution in [1.82, 2.24) is 9.55 Å². The summed E-state index contributed by atoms with van der Waals surface area (Å²) >= 11 is 0. The fraction of sp³-hybridized carbons (Fsp3) is 0.238. The van der Waals surface area contributed by atoms with Gasteiger partial charge in [-0.05, 0) is 49.2 Å². The third-order valence-electron chi connectivity index (χ3n) is 4.31. The van der Waals surface area contributed by atoms with Crippen molar-refractivity contribution in [2.24, 2.45) is 0 Å². The average molecular weight is 360 g/mol. The molecule has 0 saturated heterocycles. The van der Waals surface area contributed by atoms with Crippen LogP contribution in [0.4, 0.5) is 5.69 Å². The molecule has 0 aliphatic carbocycles. The van der Waals surface area contributed by atoms with Gasteiger partial charge in [0.15, 0.2) is 0 Å². The average Bonchev–Trinajstić information content (AvgIpc) is 2.63. The molecule has 3 aromatic rings. The minimum absolute atomic E-state index is 0.111. The van der Waals surface area contributed by atoms with Crippen LogP contribution in [0, 0.1) is 25.2 Å². The molecule has 0 atom stereocenters. The number of aryl methyl sites for hydroxylation is 2. The van der Waals surface area contributed by atoms with Crippen molar-refractivity contribution in [2.45, 2.75) is 26.8 Å². The van der Waals surface area contributed by atoms with Gasteiger partial charge in [0.25, 0.3) is 5.56 Å². The monoisotopic (exact) mass is 360 g/mol. The summed E-state index contributed by atoms with van der Waals surface area (Å²) in [5.41, 5.74) is 3.73. The van der Waals surface area contributed by atoms with E-state index in [4.69, 9.17) is 5.26 Å². The Balaban J connectivity index is 2.00. The second-order valence-corrected chi connectivity index (χ2v) is 6.47. The van der Waals surface area contributed by atoms with E-state index in [1.807, 2.05) is 44.2 Å². The summed E-state index contributed by atoms with van der Waals surface area (Å²) in [6.45, 7) is 4.09. The molecule has 27 heavy (non-hydrogen) atoms. The van der Waals surface area contributed by atoms with Crippen LogP contribution in [0.15, 0.2) is 53.5 Å². The maximum Gasteiger partial charge on any atom is 0.269 e. The predicted octanol–water partition coefficient (Wildman–Crippen LogP) is 2.96. The third-order valence-corrected chi connectivity index (χ3v) is 4.31. The molecule has 0 N–H and O–H groups in total. The third kappa shape index (κ3) is 4.04. The van der Waals surface area contributed by atoms with E-state index >= 15 is 0 Å². The summed E-state index contributed by atoms with van der Waals surface area (Å²) in [5, 5.41) is 8.98. The van der Waals surface area contributed by atoms with Gasteiger partial charge < -0.3 is 4.90 Å². The molecule has 2 aromatic carbocycles. The van der Waals surface area contributed by atoms with Gasteiger partial charge in [0.05, 0.1) is 29.7 Å². The molecule has 0 spiro atoms. The molecule has 0 bridgehead atoms. The fourth-order valence-corrected chi connectivity index (χ4v) is 3.16. The molecule has 0 aliphatic heterocycles. The number of rotatable bonds is 5. The minimum atomic E-state index is -0.331. The Morgan fingerprint density at radius 2 is 1.89 bits per heavy atom.